The van der Waals surface area contributed by atoms with Gasteiger partial charge in [0.2, 0.25) is 0 Å². The summed E-state index contributed by atoms with van der Waals surface area (Å²) < 4.78 is 5.23. The molecule has 1 heterocycles. The van der Waals surface area contributed by atoms with E-state index in [-0.39, 0.29) is 25.1 Å². The quantitative estimate of drug-likeness (QED) is 0.840. The van der Waals surface area contributed by atoms with Gasteiger partial charge in [0.1, 0.15) is 6.61 Å². The molecular formula is C17H24N2O4. The Balaban J connectivity index is 1.75. The molecule has 2 unspecified atom stereocenters. The van der Waals surface area contributed by atoms with Gasteiger partial charge in [0, 0.05) is 18.6 Å². The fraction of sp³-hybridized carbons (Fsp3) is 0.529. The van der Waals surface area contributed by atoms with Crippen LogP contribution in [0, 0.1) is 0 Å². The number of hydrogen-bond donors (Lipinski definition) is 2. The van der Waals surface area contributed by atoms with Gasteiger partial charge in [-0.1, -0.05) is 30.3 Å². The Labute approximate surface area is 136 Å². The van der Waals surface area contributed by atoms with Gasteiger partial charge >= 0.3 is 12.1 Å². The maximum atomic E-state index is 11.9. The van der Waals surface area contributed by atoms with Crippen molar-refractivity contribution in [2.24, 2.45) is 0 Å². The van der Waals surface area contributed by atoms with Crippen LogP contribution in [0.5, 0.6) is 0 Å². The number of nitrogens with zero attached hydrogens (tertiary/aromatic N) is 1. The molecule has 1 fully saturated rings. The monoisotopic (exact) mass is 320 g/mol. The number of alkyl carbamates (subject to hydrolysis) is 1. The molecular weight excluding hydrogens is 296 g/mol. The number of aliphatic carboxylic acids is 1. The van der Waals surface area contributed by atoms with Crippen LogP contribution in [0.15, 0.2) is 30.3 Å². The van der Waals surface area contributed by atoms with E-state index in [1.807, 2.05) is 37.3 Å². The Morgan fingerprint density at radius 2 is 2.13 bits per heavy atom. The van der Waals surface area contributed by atoms with Crippen molar-refractivity contribution in [3.63, 3.8) is 0 Å². The van der Waals surface area contributed by atoms with Gasteiger partial charge in [0.05, 0.1) is 6.42 Å². The molecule has 1 saturated heterocycles. The van der Waals surface area contributed by atoms with E-state index in [9.17, 15) is 9.59 Å². The van der Waals surface area contributed by atoms with Crippen LogP contribution in [0.1, 0.15) is 31.7 Å². The van der Waals surface area contributed by atoms with E-state index in [0.717, 1.165) is 24.9 Å². The van der Waals surface area contributed by atoms with Crippen LogP contribution in [0.4, 0.5) is 4.79 Å². The lowest BCUT2D eigenvalue weighted by atomic mass is 10.0. The van der Waals surface area contributed by atoms with Crippen LogP contribution in [0.2, 0.25) is 0 Å². The fourth-order valence-electron chi connectivity index (χ4n) is 2.84. The number of carboxylic acids is 1. The number of carboxylic acid groups (broad SMARTS) is 1. The Kier molecular flexibility index (Phi) is 6.40. The topological polar surface area (TPSA) is 78.9 Å². The minimum Gasteiger partial charge on any atom is -0.481 e. The highest BCUT2D eigenvalue weighted by Crippen LogP contribution is 2.15. The predicted octanol–water partition coefficient (Wildman–Crippen LogP) is 2.24. The molecule has 0 aromatic heterocycles. The number of hydrogen-bond acceptors (Lipinski definition) is 4. The van der Waals surface area contributed by atoms with Crippen LogP contribution < -0.4 is 5.32 Å². The van der Waals surface area contributed by atoms with E-state index in [2.05, 4.69) is 10.2 Å². The summed E-state index contributed by atoms with van der Waals surface area (Å²) in [6, 6.07) is 9.50. The fourth-order valence-corrected chi connectivity index (χ4v) is 2.84. The first-order valence-corrected chi connectivity index (χ1v) is 7.97. The number of rotatable bonds is 6. The van der Waals surface area contributed by atoms with Gasteiger partial charge in [0.15, 0.2) is 0 Å². The van der Waals surface area contributed by atoms with Crippen molar-refractivity contribution in [2.75, 3.05) is 13.1 Å². The van der Waals surface area contributed by atoms with Crippen molar-refractivity contribution >= 4 is 12.1 Å². The Morgan fingerprint density at radius 3 is 2.83 bits per heavy atom. The Hall–Kier alpha value is -2.08. The van der Waals surface area contributed by atoms with Gasteiger partial charge < -0.3 is 15.2 Å². The van der Waals surface area contributed by atoms with Crippen molar-refractivity contribution in [3.05, 3.63) is 35.9 Å². The van der Waals surface area contributed by atoms with E-state index < -0.39 is 12.1 Å². The maximum Gasteiger partial charge on any atom is 0.407 e. The number of carbonyl (C=O) groups excluding carboxylic acids is 1. The molecule has 0 radical (unpaired) electrons. The van der Waals surface area contributed by atoms with Gasteiger partial charge in [-0.15, -0.1) is 0 Å². The number of carbonyl (C=O) groups is 2. The normalized spacial score (nSPS) is 19.8. The van der Waals surface area contributed by atoms with Crippen molar-refractivity contribution in [1.82, 2.24) is 10.2 Å². The highest BCUT2D eigenvalue weighted by molar-refractivity contribution is 5.68. The molecule has 23 heavy (non-hydrogen) atoms. The largest absolute Gasteiger partial charge is 0.481 e. The van der Waals surface area contributed by atoms with Crippen LogP contribution >= 0.6 is 0 Å². The number of likely N-dealkylation sites (tertiary alicyclic amines) is 1. The third-order valence-electron chi connectivity index (χ3n) is 4.08. The SMILES string of the molecule is CC(CC(=O)O)N1CCCC(NC(=O)OCc2ccccc2)C1. The van der Waals surface area contributed by atoms with Crippen LogP contribution in [-0.4, -0.2) is 47.2 Å². The minimum atomic E-state index is -0.796. The number of nitrogens with one attached hydrogen (secondary N) is 1. The summed E-state index contributed by atoms with van der Waals surface area (Å²) in [5.74, 6) is -0.796. The van der Waals surface area contributed by atoms with Crippen LogP contribution in [0.25, 0.3) is 0 Å². The van der Waals surface area contributed by atoms with Gasteiger partial charge in [0.25, 0.3) is 0 Å². The summed E-state index contributed by atoms with van der Waals surface area (Å²) in [5.41, 5.74) is 0.947. The summed E-state index contributed by atoms with van der Waals surface area (Å²) >= 11 is 0. The molecule has 1 aromatic rings. The second-order valence-corrected chi connectivity index (χ2v) is 5.99. The lowest BCUT2D eigenvalue weighted by Crippen LogP contribution is -2.50. The zero-order chi connectivity index (χ0) is 16.7. The molecule has 1 amide bonds. The third kappa shape index (κ3) is 5.90. The highest BCUT2D eigenvalue weighted by atomic mass is 16.5. The van der Waals surface area contributed by atoms with Crippen LogP contribution in [0.3, 0.4) is 0 Å². The molecule has 1 aliphatic heterocycles. The van der Waals surface area contributed by atoms with E-state index in [1.54, 1.807) is 0 Å². The van der Waals surface area contributed by atoms with Crippen LogP contribution in [-0.2, 0) is 16.1 Å². The van der Waals surface area contributed by atoms with Gasteiger partial charge in [-0.2, -0.15) is 0 Å². The number of benzene rings is 1. The average molecular weight is 320 g/mol. The standard InChI is InChI=1S/C17H24N2O4/c1-13(10-16(20)21)19-9-5-8-15(11-19)18-17(22)23-12-14-6-3-2-4-7-14/h2-4,6-7,13,15H,5,8-12H2,1H3,(H,18,22)(H,20,21). The first kappa shape index (κ1) is 17.3. The average Bonchev–Trinajstić information content (AvgIpc) is 2.53. The molecule has 0 bridgehead atoms. The summed E-state index contributed by atoms with van der Waals surface area (Å²) in [7, 11) is 0. The number of ether oxygens (including phenoxy) is 1. The molecule has 2 atom stereocenters. The zero-order valence-corrected chi connectivity index (χ0v) is 13.4. The summed E-state index contributed by atoms with van der Waals surface area (Å²) in [4.78, 5) is 24.8. The van der Waals surface area contributed by atoms with Crippen molar-refractivity contribution in [2.45, 2.75) is 44.9 Å². The molecule has 2 N–H and O–H groups in total. The zero-order valence-electron chi connectivity index (χ0n) is 13.4. The van der Waals surface area contributed by atoms with Crippen molar-refractivity contribution in [3.8, 4) is 0 Å². The lowest BCUT2D eigenvalue weighted by Gasteiger charge is -2.36. The first-order valence-electron chi connectivity index (χ1n) is 7.97. The molecule has 126 valence electrons. The predicted molar refractivity (Wildman–Crippen MR) is 86.1 cm³/mol. The second kappa shape index (κ2) is 8.53. The smallest absolute Gasteiger partial charge is 0.407 e. The second-order valence-electron chi connectivity index (χ2n) is 5.99. The van der Waals surface area contributed by atoms with Gasteiger partial charge in [-0.3, -0.25) is 9.69 Å². The Morgan fingerprint density at radius 1 is 1.39 bits per heavy atom. The minimum absolute atomic E-state index is 0.00303. The third-order valence-corrected chi connectivity index (χ3v) is 4.08. The Bertz CT molecular complexity index is 521. The van der Waals surface area contributed by atoms with Crippen molar-refractivity contribution < 1.29 is 19.4 Å². The molecule has 6 nitrogen and oxygen atoms in total. The molecule has 0 aliphatic carbocycles. The first-order chi connectivity index (χ1) is 11.0. The summed E-state index contributed by atoms with van der Waals surface area (Å²) in [6.45, 7) is 3.68. The molecule has 1 aromatic carbocycles. The van der Waals surface area contributed by atoms with Gasteiger partial charge in [-0.25, -0.2) is 4.79 Å². The summed E-state index contributed by atoms with van der Waals surface area (Å²) in [6.07, 6.45) is 1.52. The number of amides is 1. The lowest BCUT2D eigenvalue weighted by molar-refractivity contribution is -0.138. The van der Waals surface area contributed by atoms with E-state index in [4.69, 9.17) is 9.84 Å². The molecule has 2 rings (SSSR count). The molecule has 0 spiro atoms. The molecule has 1 aliphatic rings. The van der Waals surface area contributed by atoms with E-state index in [1.165, 1.54) is 0 Å². The van der Waals surface area contributed by atoms with Crippen molar-refractivity contribution in [1.29, 1.82) is 0 Å². The van der Waals surface area contributed by atoms with Gasteiger partial charge in [-0.05, 0) is 31.9 Å². The maximum absolute atomic E-state index is 11.9. The number of piperidine rings is 1. The summed E-state index contributed by atoms with van der Waals surface area (Å²) in [5, 5.41) is 11.8. The molecule has 6 heteroatoms. The molecule has 0 saturated carbocycles. The van der Waals surface area contributed by atoms with E-state index in [0.29, 0.717) is 6.54 Å². The highest BCUT2D eigenvalue weighted by Gasteiger charge is 2.26. The van der Waals surface area contributed by atoms with E-state index >= 15 is 0 Å².